The Balaban J connectivity index is 2.03. The monoisotopic (exact) mass is 351 g/mol. The zero-order valence-electron chi connectivity index (χ0n) is 16.6. The summed E-state index contributed by atoms with van der Waals surface area (Å²) in [6.07, 6.45) is 9.91. The van der Waals surface area contributed by atoms with Gasteiger partial charge in [-0.1, -0.05) is 39.0 Å². The molecule has 1 aromatic heterocycles. The maximum Gasteiger partial charge on any atom is 0.293 e. The summed E-state index contributed by atoms with van der Waals surface area (Å²) >= 11 is 0. The molecule has 0 radical (unpaired) electrons. The lowest BCUT2D eigenvalue weighted by Crippen LogP contribution is -2.44. The highest BCUT2D eigenvalue weighted by atomic mass is 16.5. The van der Waals surface area contributed by atoms with Gasteiger partial charge in [-0.05, 0) is 43.9 Å². The molecule has 0 bridgehead atoms. The van der Waals surface area contributed by atoms with Crippen molar-refractivity contribution in [3.8, 4) is 0 Å². The SMILES string of the molecule is CCC1Cn2c([n+](C)c3ccccc32)C2=C(CCC=C2)OC1(CC)CC. The number of nitrogens with zero attached hydrogens (tertiary/aromatic N) is 2. The molecule has 0 fully saturated rings. The molecule has 2 aliphatic rings. The largest absolute Gasteiger partial charge is 0.490 e. The van der Waals surface area contributed by atoms with Crippen LogP contribution in [0, 0.1) is 5.92 Å². The summed E-state index contributed by atoms with van der Waals surface area (Å²) in [5.41, 5.74) is 3.83. The second-order valence-electron chi connectivity index (χ2n) is 7.74. The molecule has 1 atom stereocenters. The minimum absolute atomic E-state index is 0.0673. The van der Waals surface area contributed by atoms with E-state index in [0.29, 0.717) is 5.92 Å². The molecule has 0 saturated heterocycles. The van der Waals surface area contributed by atoms with Gasteiger partial charge in [0, 0.05) is 12.3 Å². The van der Waals surface area contributed by atoms with E-state index in [9.17, 15) is 0 Å². The van der Waals surface area contributed by atoms with Crippen LogP contribution in [0.4, 0.5) is 0 Å². The topological polar surface area (TPSA) is 18.0 Å². The van der Waals surface area contributed by atoms with Gasteiger partial charge in [-0.25, -0.2) is 9.13 Å². The van der Waals surface area contributed by atoms with Crippen LogP contribution in [0.3, 0.4) is 0 Å². The molecule has 138 valence electrons. The number of aromatic nitrogens is 2. The van der Waals surface area contributed by atoms with Gasteiger partial charge in [-0.15, -0.1) is 0 Å². The first kappa shape index (κ1) is 17.4. The van der Waals surface area contributed by atoms with Gasteiger partial charge in [0.05, 0.1) is 13.6 Å². The Labute approximate surface area is 157 Å². The fourth-order valence-electron chi connectivity index (χ4n) is 5.03. The molecule has 3 heteroatoms. The summed E-state index contributed by atoms with van der Waals surface area (Å²) < 4.78 is 11.8. The molecule has 0 saturated carbocycles. The van der Waals surface area contributed by atoms with E-state index in [1.54, 1.807) is 0 Å². The van der Waals surface area contributed by atoms with Crippen molar-refractivity contribution < 1.29 is 9.30 Å². The first-order valence-corrected chi connectivity index (χ1v) is 10.2. The summed E-state index contributed by atoms with van der Waals surface area (Å²) in [5, 5.41) is 0. The van der Waals surface area contributed by atoms with E-state index in [1.807, 2.05) is 0 Å². The van der Waals surface area contributed by atoms with Crippen LogP contribution in [0.25, 0.3) is 16.6 Å². The Morgan fingerprint density at radius 2 is 1.96 bits per heavy atom. The quantitative estimate of drug-likeness (QED) is 0.700. The van der Waals surface area contributed by atoms with Crippen molar-refractivity contribution >= 4 is 16.6 Å². The van der Waals surface area contributed by atoms with E-state index < -0.39 is 0 Å². The summed E-state index contributed by atoms with van der Waals surface area (Å²) in [4.78, 5) is 0. The van der Waals surface area contributed by atoms with Crippen molar-refractivity contribution in [2.75, 3.05) is 0 Å². The summed E-state index contributed by atoms with van der Waals surface area (Å²) in [6.45, 7) is 7.92. The van der Waals surface area contributed by atoms with E-state index in [0.717, 1.165) is 38.6 Å². The van der Waals surface area contributed by atoms with Crippen molar-refractivity contribution in [1.82, 2.24) is 4.57 Å². The van der Waals surface area contributed by atoms with E-state index >= 15 is 0 Å². The third-order valence-electron chi connectivity index (χ3n) is 6.63. The predicted molar refractivity (Wildman–Crippen MR) is 107 cm³/mol. The summed E-state index contributed by atoms with van der Waals surface area (Å²) in [6, 6.07) is 8.79. The highest BCUT2D eigenvalue weighted by molar-refractivity contribution is 5.79. The lowest BCUT2D eigenvalue weighted by atomic mass is 9.79. The number of hydrogen-bond acceptors (Lipinski definition) is 1. The molecule has 0 spiro atoms. The van der Waals surface area contributed by atoms with Gasteiger partial charge in [0.2, 0.25) is 0 Å². The van der Waals surface area contributed by atoms with Gasteiger partial charge in [0.25, 0.3) is 5.82 Å². The Morgan fingerprint density at radius 1 is 1.19 bits per heavy atom. The van der Waals surface area contributed by atoms with Crippen LogP contribution in [0.15, 0.2) is 42.2 Å². The average molecular weight is 352 g/mol. The smallest absolute Gasteiger partial charge is 0.293 e. The van der Waals surface area contributed by atoms with Gasteiger partial charge < -0.3 is 4.74 Å². The van der Waals surface area contributed by atoms with E-state index in [-0.39, 0.29) is 5.60 Å². The molecule has 0 N–H and O–H groups in total. The second kappa shape index (κ2) is 6.61. The lowest BCUT2D eigenvalue weighted by molar-refractivity contribution is -0.648. The zero-order chi connectivity index (χ0) is 18.3. The fourth-order valence-corrected chi connectivity index (χ4v) is 5.03. The van der Waals surface area contributed by atoms with Crippen LogP contribution < -0.4 is 4.57 Å². The molecule has 26 heavy (non-hydrogen) atoms. The van der Waals surface area contributed by atoms with Crippen LogP contribution in [0.5, 0.6) is 0 Å². The van der Waals surface area contributed by atoms with Gasteiger partial charge in [-0.3, -0.25) is 0 Å². The Kier molecular flexibility index (Phi) is 4.42. The summed E-state index contributed by atoms with van der Waals surface area (Å²) in [5.74, 6) is 2.98. The van der Waals surface area contributed by atoms with Gasteiger partial charge in [0.15, 0.2) is 11.0 Å². The van der Waals surface area contributed by atoms with Crippen LogP contribution in [-0.2, 0) is 18.3 Å². The van der Waals surface area contributed by atoms with Crippen LogP contribution in [-0.4, -0.2) is 10.2 Å². The zero-order valence-corrected chi connectivity index (χ0v) is 16.6. The van der Waals surface area contributed by atoms with Gasteiger partial charge in [0.1, 0.15) is 16.9 Å². The molecule has 1 aliphatic heterocycles. The molecule has 1 aromatic carbocycles. The number of para-hydroxylation sites is 2. The molecule has 2 heterocycles. The van der Waals surface area contributed by atoms with Crippen molar-refractivity contribution in [3.63, 3.8) is 0 Å². The van der Waals surface area contributed by atoms with Crippen LogP contribution >= 0.6 is 0 Å². The number of aryl methyl sites for hydroxylation is 1. The van der Waals surface area contributed by atoms with Crippen LogP contribution in [0.1, 0.15) is 58.7 Å². The third kappa shape index (κ3) is 2.44. The van der Waals surface area contributed by atoms with Gasteiger partial charge in [-0.2, -0.15) is 0 Å². The molecule has 1 aliphatic carbocycles. The molecular formula is C23H31N2O+. The Hall–Kier alpha value is -2.03. The number of benzene rings is 1. The lowest BCUT2D eigenvalue weighted by Gasteiger charge is -2.41. The van der Waals surface area contributed by atoms with Crippen LogP contribution in [0.2, 0.25) is 0 Å². The maximum atomic E-state index is 6.89. The minimum atomic E-state index is -0.0673. The molecule has 0 amide bonds. The number of hydrogen-bond donors (Lipinski definition) is 0. The summed E-state index contributed by atoms with van der Waals surface area (Å²) in [7, 11) is 2.19. The normalized spacial score (nSPS) is 21.8. The molecule has 4 rings (SSSR count). The molecule has 2 aromatic rings. The van der Waals surface area contributed by atoms with Crippen molar-refractivity contribution in [3.05, 3.63) is 48.0 Å². The fraction of sp³-hybridized carbons (Fsp3) is 0.522. The van der Waals surface area contributed by atoms with Crippen molar-refractivity contribution in [1.29, 1.82) is 0 Å². The maximum absolute atomic E-state index is 6.89. The molecule has 3 nitrogen and oxygen atoms in total. The van der Waals surface area contributed by atoms with E-state index in [4.69, 9.17) is 4.74 Å². The number of ether oxygens (including phenoxy) is 1. The third-order valence-corrected chi connectivity index (χ3v) is 6.63. The van der Waals surface area contributed by atoms with Crippen molar-refractivity contribution in [2.24, 2.45) is 13.0 Å². The number of rotatable bonds is 3. The minimum Gasteiger partial charge on any atom is -0.490 e. The van der Waals surface area contributed by atoms with E-state index in [1.165, 1.54) is 28.2 Å². The van der Waals surface area contributed by atoms with Gasteiger partial charge >= 0.3 is 0 Å². The Morgan fingerprint density at radius 3 is 2.69 bits per heavy atom. The average Bonchev–Trinajstić information content (AvgIpc) is 2.95. The first-order chi connectivity index (χ1) is 12.6. The molecule has 1 unspecified atom stereocenters. The molecular weight excluding hydrogens is 320 g/mol. The highest BCUT2D eigenvalue weighted by Crippen LogP contribution is 2.42. The van der Waals surface area contributed by atoms with E-state index in [2.05, 4.69) is 73.4 Å². The second-order valence-corrected chi connectivity index (χ2v) is 7.74. The number of imidazole rings is 1. The first-order valence-electron chi connectivity index (χ1n) is 10.2. The standard InChI is InChI=1S/C23H31N2O/c1-5-17-16-25-20-14-10-9-13-19(20)24(4)22(25)18-12-8-11-15-21(18)26-23(17,6-2)7-3/h8-10,12-14,17H,5-7,11,15-16H2,1-4H3/q+1. The highest BCUT2D eigenvalue weighted by Gasteiger charge is 2.43. The predicted octanol–water partition coefficient (Wildman–Crippen LogP) is 5.14. The Bertz CT molecular complexity index is 883. The van der Waals surface area contributed by atoms with Crippen molar-refractivity contribution in [2.45, 2.75) is 65.0 Å². The number of allylic oxidation sites excluding steroid dienone is 4. The number of fused-ring (bicyclic) bond motifs is 4.